The summed E-state index contributed by atoms with van der Waals surface area (Å²) in [6.45, 7) is 5.86. The van der Waals surface area contributed by atoms with Gasteiger partial charge in [0.15, 0.2) is 0 Å². The summed E-state index contributed by atoms with van der Waals surface area (Å²) in [4.78, 5) is 6.56. The first kappa shape index (κ1) is 15.2. The van der Waals surface area contributed by atoms with Gasteiger partial charge in [-0.05, 0) is 32.4 Å². The normalized spacial score (nSPS) is 11.3. The number of nitrogens with one attached hydrogen (secondary N) is 1. The number of aliphatic hydroxyl groups is 1. The van der Waals surface area contributed by atoms with E-state index in [2.05, 4.69) is 29.2 Å². The molecule has 1 aromatic rings. The van der Waals surface area contributed by atoms with Crippen molar-refractivity contribution in [3.8, 4) is 0 Å². The van der Waals surface area contributed by atoms with Gasteiger partial charge in [-0.25, -0.2) is 10.8 Å². The number of nitrogens with two attached hydrogens (primary N) is 1. The Kier molecular flexibility index (Phi) is 6.35. The molecule has 0 saturated carbocycles. The van der Waals surface area contributed by atoms with Crippen molar-refractivity contribution in [3.63, 3.8) is 0 Å². The van der Waals surface area contributed by atoms with Crippen LogP contribution in [-0.2, 0) is 6.54 Å². The average Bonchev–Trinajstić information content (AvgIpc) is 2.36. The van der Waals surface area contributed by atoms with Crippen molar-refractivity contribution < 1.29 is 5.11 Å². The van der Waals surface area contributed by atoms with Gasteiger partial charge in [0.1, 0.15) is 5.82 Å². The third-order valence-electron chi connectivity index (χ3n) is 2.75. The Bertz CT molecular complexity index is 373. The third-order valence-corrected chi connectivity index (χ3v) is 3.10. The van der Waals surface area contributed by atoms with Crippen molar-refractivity contribution in [1.82, 2.24) is 9.88 Å². The standard InChI is InChI=1S/C12H21ClN4O/c1-9(2)17(6-3-7-18)8-11-10(13)4-5-12(15-11)16-14/h4-5,9,18H,3,6-8,14H2,1-2H3,(H,15,16). The second-order valence-electron chi connectivity index (χ2n) is 4.41. The van der Waals surface area contributed by atoms with Crippen molar-refractivity contribution >= 4 is 17.4 Å². The molecule has 0 radical (unpaired) electrons. The highest BCUT2D eigenvalue weighted by Crippen LogP contribution is 2.19. The van der Waals surface area contributed by atoms with Gasteiger partial charge in [-0.15, -0.1) is 0 Å². The van der Waals surface area contributed by atoms with Crippen LogP contribution in [0.25, 0.3) is 0 Å². The molecular weight excluding hydrogens is 252 g/mol. The lowest BCUT2D eigenvalue weighted by molar-refractivity contribution is 0.183. The molecule has 6 heteroatoms. The fourth-order valence-corrected chi connectivity index (χ4v) is 1.83. The van der Waals surface area contributed by atoms with Crippen LogP contribution in [-0.4, -0.2) is 34.2 Å². The van der Waals surface area contributed by atoms with Gasteiger partial charge in [0.05, 0.1) is 10.7 Å². The summed E-state index contributed by atoms with van der Waals surface area (Å²) in [7, 11) is 0. The molecule has 0 aliphatic carbocycles. The topological polar surface area (TPSA) is 74.4 Å². The number of aromatic nitrogens is 1. The summed E-state index contributed by atoms with van der Waals surface area (Å²) in [5.74, 6) is 5.93. The first-order valence-corrected chi connectivity index (χ1v) is 6.43. The molecule has 0 aliphatic rings. The number of hydrogen-bond acceptors (Lipinski definition) is 5. The molecular formula is C12H21ClN4O. The van der Waals surface area contributed by atoms with E-state index in [4.69, 9.17) is 22.6 Å². The number of hydrogen-bond donors (Lipinski definition) is 3. The van der Waals surface area contributed by atoms with Crippen molar-refractivity contribution in [1.29, 1.82) is 0 Å². The van der Waals surface area contributed by atoms with Gasteiger partial charge in [0.2, 0.25) is 0 Å². The maximum atomic E-state index is 8.90. The number of rotatable bonds is 7. The Hall–Kier alpha value is -0.880. The van der Waals surface area contributed by atoms with Crippen LogP contribution in [0.3, 0.4) is 0 Å². The molecule has 18 heavy (non-hydrogen) atoms. The van der Waals surface area contributed by atoms with Crippen LogP contribution in [0.5, 0.6) is 0 Å². The number of aliphatic hydroxyl groups excluding tert-OH is 1. The zero-order chi connectivity index (χ0) is 13.5. The summed E-state index contributed by atoms with van der Waals surface area (Å²) in [5, 5.41) is 9.53. The van der Waals surface area contributed by atoms with E-state index in [0.717, 1.165) is 18.7 Å². The quantitative estimate of drug-likeness (QED) is 0.519. The summed E-state index contributed by atoms with van der Waals surface area (Å²) < 4.78 is 0. The van der Waals surface area contributed by atoms with E-state index >= 15 is 0 Å². The van der Waals surface area contributed by atoms with Gasteiger partial charge in [-0.1, -0.05) is 11.6 Å². The molecule has 0 aliphatic heterocycles. The van der Waals surface area contributed by atoms with E-state index in [1.807, 2.05) is 0 Å². The molecule has 1 aromatic heterocycles. The monoisotopic (exact) mass is 272 g/mol. The van der Waals surface area contributed by atoms with Gasteiger partial charge in [0.25, 0.3) is 0 Å². The zero-order valence-electron chi connectivity index (χ0n) is 10.9. The zero-order valence-corrected chi connectivity index (χ0v) is 11.6. The van der Waals surface area contributed by atoms with E-state index in [1.54, 1.807) is 12.1 Å². The Morgan fingerprint density at radius 3 is 2.78 bits per heavy atom. The third kappa shape index (κ3) is 4.42. The summed E-state index contributed by atoms with van der Waals surface area (Å²) in [5.41, 5.74) is 3.30. The lowest BCUT2D eigenvalue weighted by atomic mass is 10.2. The molecule has 0 amide bonds. The van der Waals surface area contributed by atoms with Gasteiger partial charge >= 0.3 is 0 Å². The molecule has 0 unspecified atom stereocenters. The van der Waals surface area contributed by atoms with E-state index in [1.165, 1.54) is 0 Å². The fourth-order valence-electron chi connectivity index (χ4n) is 1.66. The number of nitrogens with zero attached hydrogens (tertiary/aromatic N) is 2. The van der Waals surface area contributed by atoms with Crippen LogP contribution < -0.4 is 11.3 Å². The Balaban J connectivity index is 2.78. The van der Waals surface area contributed by atoms with Gasteiger partial charge in [-0.2, -0.15) is 0 Å². The minimum atomic E-state index is 0.189. The van der Waals surface area contributed by atoms with Crippen LogP contribution in [0.1, 0.15) is 26.0 Å². The largest absolute Gasteiger partial charge is 0.396 e. The first-order valence-electron chi connectivity index (χ1n) is 6.05. The Morgan fingerprint density at radius 1 is 1.50 bits per heavy atom. The van der Waals surface area contributed by atoms with Crippen molar-refractivity contribution in [3.05, 3.63) is 22.8 Å². The highest BCUT2D eigenvalue weighted by molar-refractivity contribution is 6.31. The number of nitrogen functional groups attached to an aromatic ring is 1. The van der Waals surface area contributed by atoms with E-state index in [0.29, 0.717) is 23.4 Å². The lowest BCUT2D eigenvalue weighted by Gasteiger charge is -2.26. The maximum Gasteiger partial charge on any atom is 0.140 e. The SMILES string of the molecule is CC(C)N(CCCO)Cc1nc(NN)ccc1Cl. The number of hydrazine groups is 1. The molecule has 102 valence electrons. The van der Waals surface area contributed by atoms with Gasteiger partial charge in [0, 0.05) is 25.7 Å². The molecule has 0 fully saturated rings. The van der Waals surface area contributed by atoms with Crippen LogP contribution in [0.2, 0.25) is 5.02 Å². The van der Waals surface area contributed by atoms with Gasteiger partial charge in [-0.3, -0.25) is 4.90 Å². The van der Waals surface area contributed by atoms with Crippen LogP contribution in [0.4, 0.5) is 5.82 Å². The number of pyridine rings is 1. The molecule has 0 aromatic carbocycles. The van der Waals surface area contributed by atoms with Crippen LogP contribution >= 0.6 is 11.6 Å². The summed E-state index contributed by atoms with van der Waals surface area (Å²) in [6.07, 6.45) is 0.741. The number of halogens is 1. The average molecular weight is 273 g/mol. The first-order chi connectivity index (χ1) is 8.58. The molecule has 0 bridgehead atoms. The lowest BCUT2D eigenvalue weighted by Crippen LogP contribution is -2.32. The number of anilines is 1. The van der Waals surface area contributed by atoms with Crippen LogP contribution in [0.15, 0.2) is 12.1 Å². The Morgan fingerprint density at radius 2 is 2.22 bits per heavy atom. The molecule has 5 nitrogen and oxygen atoms in total. The maximum absolute atomic E-state index is 8.90. The smallest absolute Gasteiger partial charge is 0.140 e. The van der Waals surface area contributed by atoms with E-state index < -0.39 is 0 Å². The predicted octanol–water partition coefficient (Wildman–Crippen LogP) is 1.61. The van der Waals surface area contributed by atoms with Crippen LogP contribution in [0, 0.1) is 0 Å². The highest BCUT2D eigenvalue weighted by Gasteiger charge is 2.13. The minimum Gasteiger partial charge on any atom is -0.396 e. The summed E-state index contributed by atoms with van der Waals surface area (Å²) >= 11 is 6.13. The molecule has 0 spiro atoms. The highest BCUT2D eigenvalue weighted by atomic mass is 35.5. The van der Waals surface area contributed by atoms with E-state index in [9.17, 15) is 0 Å². The van der Waals surface area contributed by atoms with Crippen molar-refractivity contribution in [2.24, 2.45) is 5.84 Å². The predicted molar refractivity (Wildman–Crippen MR) is 74.3 cm³/mol. The molecule has 0 atom stereocenters. The second-order valence-corrected chi connectivity index (χ2v) is 4.82. The van der Waals surface area contributed by atoms with Crippen molar-refractivity contribution in [2.45, 2.75) is 32.9 Å². The summed E-state index contributed by atoms with van der Waals surface area (Å²) in [6, 6.07) is 3.88. The second kappa shape index (κ2) is 7.53. The molecule has 4 N–H and O–H groups in total. The fraction of sp³-hybridized carbons (Fsp3) is 0.583. The van der Waals surface area contributed by atoms with Gasteiger partial charge < -0.3 is 10.5 Å². The molecule has 1 heterocycles. The molecule has 1 rings (SSSR count). The minimum absolute atomic E-state index is 0.189. The Labute approximate surface area is 113 Å². The molecule has 0 saturated heterocycles. The van der Waals surface area contributed by atoms with E-state index in [-0.39, 0.29) is 6.61 Å². The van der Waals surface area contributed by atoms with Crippen molar-refractivity contribution in [2.75, 3.05) is 18.6 Å².